The first-order chi connectivity index (χ1) is 13.0. The lowest BCUT2D eigenvalue weighted by Crippen LogP contribution is -2.38. The highest BCUT2D eigenvalue weighted by Gasteiger charge is 2.06. The topological polar surface area (TPSA) is 87.6 Å². The summed E-state index contributed by atoms with van der Waals surface area (Å²) in [6.07, 6.45) is 0.310. The van der Waals surface area contributed by atoms with Crippen molar-refractivity contribution in [1.29, 1.82) is 0 Å². The fraction of sp³-hybridized carbons (Fsp3) is 0.350. The standard InChI is InChI=1S/C20H27N5O2/c1-14-8-9-16(17(12-14)27-4)13-23-20(21-3)22-11-10-19(26)25-18-7-5-6-15(2)24-18/h5-9,12H,10-11,13H2,1-4H3,(H2,21,22,23)(H,24,25,26). The van der Waals surface area contributed by atoms with E-state index in [2.05, 4.69) is 25.9 Å². The van der Waals surface area contributed by atoms with Gasteiger partial charge in [-0.2, -0.15) is 0 Å². The molecule has 0 radical (unpaired) electrons. The van der Waals surface area contributed by atoms with Crippen LogP contribution in [0.5, 0.6) is 5.75 Å². The summed E-state index contributed by atoms with van der Waals surface area (Å²) in [5.74, 6) is 1.92. The van der Waals surface area contributed by atoms with Crippen molar-refractivity contribution in [3.63, 3.8) is 0 Å². The fourth-order valence-electron chi connectivity index (χ4n) is 2.51. The average molecular weight is 369 g/mol. The SMILES string of the molecule is CN=C(NCCC(=O)Nc1cccc(C)n1)NCc1ccc(C)cc1OC. The van der Waals surface area contributed by atoms with Crippen molar-refractivity contribution >= 4 is 17.7 Å². The molecule has 0 fully saturated rings. The molecule has 0 aliphatic heterocycles. The minimum atomic E-state index is -0.101. The summed E-state index contributed by atoms with van der Waals surface area (Å²) in [5.41, 5.74) is 3.04. The number of pyridine rings is 1. The predicted octanol–water partition coefficient (Wildman–Crippen LogP) is 2.40. The Balaban J connectivity index is 1.78. The van der Waals surface area contributed by atoms with Gasteiger partial charge in [-0.15, -0.1) is 0 Å². The Morgan fingerprint density at radius 1 is 1.19 bits per heavy atom. The number of ether oxygens (including phenoxy) is 1. The summed E-state index contributed by atoms with van der Waals surface area (Å²) in [7, 11) is 3.35. The molecule has 0 bridgehead atoms. The van der Waals surface area contributed by atoms with Gasteiger partial charge in [0.1, 0.15) is 11.6 Å². The van der Waals surface area contributed by atoms with Crippen LogP contribution in [0.3, 0.4) is 0 Å². The van der Waals surface area contributed by atoms with Crippen molar-refractivity contribution in [3.05, 3.63) is 53.2 Å². The molecule has 144 valence electrons. The Hall–Kier alpha value is -3.09. The van der Waals surface area contributed by atoms with Gasteiger partial charge in [0.05, 0.1) is 7.11 Å². The van der Waals surface area contributed by atoms with Gasteiger partial charge in [0.2, 0.25) is 5.91 Å². The number of carbonyl (C=O) groups excluding carboxylic acids is 1. The number of hydrogen-bond acceptors (Lipinski definition) is 4. The second-order valence-corrected chi connectivity index (χ2v) is 6.13. The number of rotatable bonds is 7. The number of aromatic nitrogens is 1. The van der Waals surface area contributed by atoms with E-state index in [1.54, 1.807) is 20.2 Å². The van der Waals surface area contributed by atoms with Gasteiger partial charge < -0.3 is 20.7 Å². The third-order valence-corrected chi connectivity index (χ3v) is 3.91. The molecule has 1 aromatic carbocycles. The highest BCUT2D eigenvalue weighted by Crippen LogP contribution is 2.19. The van der Waals surface area contributed by atoms with Crippen LogP contribution in [0.15, 0.2) is 41.4 Å². The van der Waals surface area contributed by atoms with Crippen LogP contribution in [-0.4, -0.2) is 37.6 Å². The molecule has 27 heavy (non-hydrogen) atoms. The van der Waals surface area contributed by atoms with E-state index >= 15 is 0 Å². The van der Waals surface area contributed by atoms with E-state index in [1.807, 2.05) is 44.2 Å². The van der Waals surface area contributed by atoms with Gasteiger partial charge >= 0.3 is 0 Å². The van der Waals surface area contributed by atoms with Crippen LogP contribution >= 0.6 is 0 Å². The zero-order chi connectivity index (χ0) is 19.6. The smallest absolute Gasteiger partial charge is 0.227 e. The number of guanidine groups is 1. The molecule has 0 spiro atoms. The van der Waals surface area contributed by atoms with Crippen LogP contribution in [0.1, 0.15) is 23.2 Å². The van der Waals surface area contributed by atoms with Crippen molar-refractivity contribution in [2.75, 3.05) is 26.0 Å². The van der Waals surface area contributed by atoms with E-state index in [0.29, 0.717) is 31.3 Å². The molecular formula is C20H27N5O2. The Morgan fingerprint density at radius 2 is 2.00 bits per heavy atom. The number of nitrogens with zero attached hydrogens (tertiary/aromatic N) is 2. The molecule has 0 unspecified atom stereocenters. The summed E-state index contributed by atoms with van der Waals surface area (Å²) in [4.78, 5) is 20.5. The molecule has 1 aromatic heterocycles. The summed E-state index contributed by atoms with van der Waals surface area (Å²) >= 11 is 0. The first kappa shape index (κ1) is 20.2. The monoisotopic (exact) mass is 369 g/mol. The van der Waals surface area contributed by atoms with Crippen molar-refractivity contribution in [2.45, 2.75) is 26.8 Å². The molecule has 1 heterocycles. The molecule has 2 aromatic rings. The van der Waals surface area contributed by atoms with Gasteiger partial charge in [-0.3, -0.25) is 9.79 Å². The molecule has 0 saturated heterocycles. The highest BCUT2D eigenvalue weighted by atomic mass is 16.5. The van der Waals surface area contributed by atoms with E-state index < -0.39 is 0 Å². The maximum absolute atomic E-state index is 12.0. The number of carbonyl (C=O) groups is 1. The van der Waals surface area contributed by atoms with Crippen LogP contribution < -0.4 is 20.7 Å². The van der Waals surface area contributed by atoms with Crippen molar-refractivity contribution in [3.8, 4) is 5.75 Å². The molecular weight excluding hydrogens is 342 g/mol. The maximum atomic E-state index is 12.0. The zero-order valence-electron chi connectivity index (χ0n) is 16.3. The second kappa shape index (κ2) is 10.2. The number of aliphatic imine (C=N–C) groups is 1. The molecule has 0 saturated carbocycles. The first-order valence-electron chi connectivity index (χ1n) is 8.83. The van der Waals surface area contributed by atoms with Gasteiger partial charge in [0.15, 0.2) is 5.96 Å². The third-order valence-electron chi connectivity index (χ3n) is 3.91. The minimum absolute atomic E-state index is 0.101. The predicted molar refractivity (Wildman–Crippen MR) is 108 cm³/mol. The lowest BCUT2D eigenvalue weighted by molar-refractivity contribution is -0.116. The number of methoxy groups -OCH3 is 1. The summed E-state index contributed by atoms with van der Waals surface area (Å²) in [5, 5.41) is 9.14. The van der Waals surface area contributed by atoms with E-state index in [9.17, 15) is 4.79 Å². The van der Waals surface area contributed by atoms with Crippen molar-refractivity contribution in [2.24, 2.45) is 4.99 Å². The van der Waals surface area contributed by atoms with Gasteiger partial charge in [0, 0.05) is 37.8 Å². The number of amides is 1. The molecule has 0 aliphatic carbocycles. The van der Waals surface area contributed by atoms with E-state index in [4.69, 9.17) is 4.74 Å². The number of anilines is 1. The van der Waals surface area contributed by atoms with Gasteiger partial charge in [0.25, 0.3) is 0 Å². The lowest BCUT2D eigenvalue weighted by Gasteiger charge is -2.14. The Morgan fingerprint density at radius 3 is 2.70 bits per heavy atom. The first-order valence-corrected chi connectivity index (χ1v) is 8.83. The van der Waals surface area contributed by atoms with Crippen LogP contribution in [0.25, 0.3) is 0 Å². The lowest BCUT2D eigenvalue weighted by atomic mass is 10.1. The van der Waals surface area contributed by atoms with Crippen LogP contribution in [0.2, 0.25) is 0 Å². The molecule has 7 nitrogen and oxygen atoms in total. The second-order valence-electron chi connectivity index (χ2n) is 6.13. The molecule has 1 amide bonds. The van der Waals surface area contributed by atoms with Crippen molar-refractivity contribution < 1.29 is 9.53 Å². The zero-order valence-corrected chi connectivity index (χ0v) is 16.3. The van der Waals surface area contributed by atoms with Crippen LogP contribution in [0.4, 0.5) is 5.82 Å². The quantitative estimate of drug-likeness (QED) is 0.515. The Bertz CT molecular complexity index is 805. The third kappa shape index (κ3) is 6.62. The Labute approximate surface area is 160 Å². The molecule has 0 aliphatic rings. The molecule has 2 rings (SSSR count). The van der Waals surface area contributed by atoms with Gasteiger partial charge in [-0.1, -0.05) is 18.2 Å². The largest absolute Gasteiger partial charge is 0.496 e. The number of hydrogen-bond donors (Lipinski definition) is 3. The van der Waals surface area contributed by atoms with E-state index in [-0.39, 0.29) is 5.91 Å². The highest BCUT2D eigenvalue weighted by molar-refractivity contribution is 5.90. The maximum Gasteiger partial charge on any atom is 0.227 e. The average Bonchev–Trinajstić information content (AvgIpc) is 2.65. The van der Waals surface area contributed by atoms with E-state index in [0.717, 1.165) is 22.6 Å². The summed E-state index contributed by atoms with van der Waals surface area (Å²) in [6, 6.07) is 11.6. The number of nitrogens with one attached hydrogen (secondary N) is 3. The molecule has 0 atom stereocenters. The molecule has 3 N–H and O–H groups in total. The van der Waals surface area contributed by atoms with Gasteiger partial charge in [-0.25, -0.2) is 4.98 Å². The van der Waals surface area contributed by atoms with Gasteiger partial charge in [-0.05, 0) is 37.6 Å². The summed E-state index contributed by atoms with van der Waals surface area (Å²) < 4.78 is 5.41. The summed E-state index contributed by atoms with van der Waals surface area (Å²) in [6.45, 7) is 4.94. The minimum Gasteiger partial charge on any atom is -0.496 e. The Kier molecular flexibility index (Phi) is 7.61. The number of benzene rings is 1. The van der Waals surface area contributed by atoms with Crippen LogP contribution in [0, 0.1) is 13.8 Å². The van der Waals surface area contributed by atoms with Crippen molar-refractivity contribution in [1.82, 2.24) is 15.6 Å². The normalized spacial score (nSPS) is 11.0. The molecule has 7 heteroatoms. The van der Waals surface area contributed by atoms with Crippen LogP contribution in [-0.2, 0) is 11.3 Å². The number of aryl methyl sites for hydroxylation is 2. The van der Waals surface area contributed by atoms with E-state index in [1.165, 1.54) is 0 Å². The fourth-order valence-corrected chi connectivity index (χ4v) is 2.51.